The molecule has 3 aromatic rings. The van der Waals surface area contributed by atoms with Gasteiger partial charge in [-0.2, -0.15) is 5.26 Å². The molecule has 3 rings (SSSR count). The van der Waals surface area contributed by atoms with E-state index in [0.29, 0.717) is 29.4 Å². The van der Waals surface area contributed by atoms with Crippen molar-refractivity contribution < 1.29 is 4.79 Å². The quantitative estimate of drug-likeness (QED) is 0.744. The Morgan fingerprint density at radius 2 is 1.89 bits per heavy atom. The summed E-state index contributed by atoms with van der Waals surface area (Å²) in [5, 5.41) is 11.8. The van der Waals surface area contributed by atoms with E-state index in [9.17, 15) is 4.79 Å². The minimum absolute atomic E-state index is 0.272. The highest BCUT2D eigenvalue weighted by Gasteiger charge is 2.16. The van der Waals surface area contributed by atoms with Gasteiger partial charge in [0.2, 0.25) is 5.95 Å². The summed E-state index contributed by atoms with van der Waals surface area (Å²) >= 11 is 0. The normalized spacial score (nSPS) is 10.1. The molecule has 27 heavy (non-hydrogen) atoms. The SMILES string of the molecule is CCN(c1ccccc1)c1nc(C)cc(C(=O)Nc2cccc(C#N)c2)n1. The van der Waals surface area contributed by atoms with Gasteiger partial charge in [-0.3, -0.25) is 4.79 Å². The van der Waals surface area contributed by atoms with Crippen LogP contribution in [0.1, 0.15) is 28.7 Å². The van der Waals surface area contributed by atoms with Crippen molar-refractivity contribution in [2.75, 3.05) is 16.8 Å². The number of anilines is 3. The van der Waals surface area contributed by atoms with Gasteiger partial charge in [0.15, 0.2) is 0 Å². The van der Waals surface area contributed by atoms with Crippen LogP contribution in [0.25, 0.3) is 0 Å². The molecule has 0 bridgehead atoms. The second-order valence-corrected chi connectivity index (χ2v) is 5.92. The molecule has 0 saturated carbocycles. The fourth-order valence-electron chi connectivity index (χ4n) is 2.70. The predicted molar refractivity (Wildman–Crippen MR) is 105 cm³/mol. The summed E-state index contributed by atoms with van der Waals surface area (Å²) < 4.78 is 0. The molecule has 0 spiro atoms. The predicted octanol–water partition coefficient (Wildman–Crippen LogP) is 4.07. The number of amides is 1. The van der Waals surface area contributed by atoms with Crippen molar-refractivity contribution in [1.82, 2.24) is 9.97 Å². The van der Waals surface area contributed by atoms with E-state index in [4.69, 9.17) is 5.26 Å². The van der Waals surface area contributed by atoms with Crippen molar-refractivity contribution in [3.05, 3.63) is 77.6 Å². The van der Waals surface area contributed by atoms with Crippen LogP contribution in [0.15, 0.2) is 60.7 Å². The van der Waals surface area contributed by atoms with E-state index in [2.05, 4.69) is 21.4 Å². The van der Waals surface area contributed by atoms with Crippen molar-refractivity contribution in [2.24, 2.45) is 0 Å². The maximum Gasteiger partial charge on any atom is 0.274 e. The first-order chi connectivity index (χ1) is 13.1. The van der Waals surface area contributed by atoms with Crippen molar-refractivity contribution in [1.29, 1.82) is 5.26 Å². The van der Waals surface area contributed by atoms with Crippen molar-refractivity contribution in [3.8, 4) is 6.07 Å². The zero-order valence-electron chi connectivity index (χ0n) is 15.2. The van der Waals surface area contributed by atoms with Crippen LogP contribution in [0.2, 0.25) is 0 Å². The zero-order valence-corrected chi connectivity index (χ0v) is 15.2. The molecule has 0 fully saturated rings. The summed E-state index contributed by atoms with van der Waals surface area (Å²) in [7, 11) is 0. The molecule has 1 amide bonds. The topological polar surface area (TPSA) is 81.9 Å². The van der Waals surface area contributed by atoms with Gasteiger partial charge in [0.05, 0.1) is 11.6 Å². The maximum absolute atomic E-state index is 12.7. The molecular formula is C21H19N5O. The summed E-state index contributed by atoms with van der Waals surface area (Å²) in [5.41, 5.74) is 2.96. The molecule has 6 heteroatoms. The largest absolute Gasteiger partial charge is 0.321 e. The van der Waals surface area contributed by atoms with Crippen LogP contribution < -0.4 is 10.2 Å². The number of carbonyl (C=O) groups is 1. The zero-order chi connectivity index (χ0) is 19.2. The van der Waals surface area contributed by atoms with E-state index >= 15 is 0 Å². The minimum Gasteiger partial charge on any atom is -0.321 e. The number of nitrogens with zero attached hydrogens (tertiary/aromatic N) is 4. The van der Waals surface area contributed by atoms with Crippen LogP contribution in [-0.4, -0.2) is 22.4 Å². The van der Waals surface area contributed by atoms with Crippen LogP contribution in [0.4, 0.5) is 17.3 Å². The van der Waals surface area contributed by atoms with Crippen LogP contribution in [0, 0.1) is 18.3 Å². The molecule has 0 aliphatic rings. The van der Waals surface area contributed by atoms with Crippen molar-refractivity contribution in [2.45, 2.75) is 13.8 Å². The van der Waals surface area contributed by atoms with E-state index in [1.54, 1.807) is 30.3 Å². The number of hydrogen-bond acceptors (Lipinski definition) is 5. The lowest BCUT2D eigenvalue weighted by Gasteiger charge is -2.21. The molecular weight excluding hydrogens is 338 g/mol. The van der Waals surface area contributed by atoms with Crippen LogP contribution >= 0.6 is 0 Å². The smallest absolute Gasteiger partial charge is 0.274 e. The Morgan fingerprint density at radius 3 is 2.59 bits per heavy atom. The van der Waals surface area contributed by atoms with E-state index in [0.717, 1.165) is 5.69 Å². The molecule has 1 N–H and O–H groups in total. The van der Waals surface area contributed by atoms with Gasteiger partial charge in [-0.15, -0.1) is 0 Å². The summed E-state index contributed by atoms with van der Waals surface area (Å²) in [6.07, 6.45) is 0. The van der Waals surface area contributed by atoms with E-state index in [1.165, 1.54) is 0 Å². The third kappa shape index (κ3) is 4.28. The third-order valence-electron chi connectivity index (χ3n) is 3.95. The maximum atomic E-state index is 12.7. The van der Waals surface area contributed by atoms with Crippen molar-refractivity contribution >= 4 is 23.2 Å². The Kier molecular flexibility index (Phi) is 5.43. The van der Waals surface area contributed by atoms with Crippen LogP contribution in [0.3, 0.4) is 0 Å². The summed E-state index contributed by atoms with van der Waals surface area (Å²) in [5.74, 6) is 0.126. The highest BCUT2D eigenvalue weighted by atomic mass is 16.1. The molecule has 6 nitrogen and oxygen atoms in total. The van der Waals surface area contributed by atoms with Crippen LogP contribution in [-0.2, 0) is 0 Å². The fraction of sp³-hybridized carbons (Fsp3) is 0.143. The second kappa shape index (κ2) is 8.11. The number of nitriles is 1. The standard InChI is InChI=1S/C21H19N5O/c1-3-26(18-10-5-4-6-11-18)21-23-15(2)12-19(25-21)20(27)24-17-9-7-8-16(13-17)14-22/h4-13H,3H2,1-2H3,(H,24,27). The summed E-state index contributed by atoms with van der Waals surface area (Å²) in [4.78, 5) is 23.6. The second-order valence-electron chi connectivity index (χ2n) is 5.92. The Bertz CT molecular complexity index is 995. The number of carbonyl (C=O) groups excluding carboxylic acids is 1. The highest BCUT2D eigenvalue weighted by Crippen LogP contribution is 2.22. The van der Waals surface area contributed by atoms with Gasteiger partial charge in [0.1, 0.15) is 5.69 Å². The molecule has 1 heterocycles. The lowest BCUT2D eigenvalue weighted by molar-refractivity contribution is 0.102. The minimum atomic E-state index is -0.346. The molecule has 0 saturated heterocycles. The Labute approximate surface area is 158 Å². The van der Waals surface area contributed by atoms with Gasteiger partial charge in [-0.1, -0.05) is 24.3 Å². The highest BCUT2D eigenvalue weighted by molar-refractivity contribution is 6.03. The average Bonchev–Trinajstić information content (AvgIpc) is 2.69. The van der Waals surface area contributed by atoms with Gasteiger partial charge in [-0.05, 0) is 50.2 Å². The van der Waals surface area contributed by atoms with Gasteiger partial charge < -0.3 is 10.2 Å². The number of aryl methyl sites for hydroxylation is 1. The summed E-state index contributed by atoms with van der Waals surface area (Å²) in [6, 6.07) is 20.2. The first-order valence-electron chi connectivity index (χ1n) is 8.60. The monoisotopic (exact) mass is 357 g/mol. The molecule has 0 aliphatic heterocycles. The van der Waals surface area contributed by atoms with Gasteiger partial charge in [-0.25, -0.2) is 9.97 Å². The van der Waals surface area contributed by atoms with E-state index < -0.39 is 0 Å². The molecule has 0 radical (unpaired) electrons. The number of nitrogens with one attached hydrogen (secondary N) is 1. The van der Waals surface area contributed by atoms with Gasteiger partial charge in [0.25, 0.3) is 5.91 Å². The number of benzene rings is 2. The van der Waals surface area contributed by atoms with Gasteiger partial charge >= 0.3 is 0 Å². The lowest BCUT2D eigenvalue weighted by Crippen LogP contribution is -2.22. The molecule has 134 valence electrons. The molecule has 0 atom stereocenters. The first-order valence-corrected chi connectivity index (χ1v) is 8.60. The third-order valence-corrected chi connectivity index (χ3v) is 3.95. The molecule has 0 aliphatic carbocycles. The molecule has 1 aromatic heterocycles. The Balaban J connectivity index is 1.90. The van der Waals surface area contributed by atoms with Gasteiger partial charge in [0, 0.05) is 23.6 Å². The Hall–Kier alpha value is -3.72. The van der Waals surface area contributed by atoms with E-state index in [1.807, 2.05) is 49.1 Å². The van der Waals surface area contributed by atoms with Crippen LogP contribution in [0.5, 0.6) is 0 Å². The first kappa shape index (κ1) is 18.1. The fourth-order valence-corrected chi connectivity index (χ4v) is 2.70. The molecule has 2 aromatic carbocycles. The number of aromatic nitrogens is 2. The van der Waals surface area contributed by atoms with Crippen molar-refractivity contribution in [3.63, 3.8) is 0 Å². The number of rotatable bonds is 5. The number of para-hydroxylation sites is 1. The van der Waals surface area contributed by atoms with E-state index in [-0.39, 0.29) is 11.6 Å². The average molecular weight is 357 g/mol. The lowest BCUT2D eigenvalue weighted by atomic mass is 10.2. The summed E-state index contributed by atoms with van der Waals surface area (Å²) in [6.45, 7) is 4.50. The Morgan fingerprint density at radius 1 is 1.11 bits per heavy atom. The molecule has 0 unspecified atom stereocenters. The number of hydrogen-bond donors (Lipinski definition) is 1.